The number of hydrogen-bond donors (Lipinski definition) is 0. The summed E-state index contributed by atoms with van der Waals surface area (Å²) in [5, 5.41) is 0. The number of allylic oxidation sites excluding steroid dienone is 5. The largest absolute Gasteiger partial charge is 0.345 e. The van der Waals surface area contributed by atoms with Crippen molar-refractivity contribution in [3.63, 3.8) is 0 Å². The average molecular weight is 191 g/mol. The van der Waals surface area contributed by atoms with Crippen molar-refractivity contribution in [1.29, 1.82) is 0 Å². The van der Waals surface area contributed by atoms with Crippen LogP contribution in [0.2, 0.25) is 0 Å². The normalized spacial score (nSPS) is 15.6. The Kier molecular flexibility index (Phi) is 3.69. The first-order valence-electron chi connectivity index (χ1n) is 4.93. The van der Waals surface area contributed by atoms with Crippen molar-refractivity contribution in [2.45, 2.75) is 19.8 Å². The Bertz CT molecular complexity index is 308. The Labute approximate surface area is 85.6 Å². The fraction of sp³-hybridized carbons (Fsp3) is 0.417. The maximum absolute atomic E-state index is 11.6. The number of carbonyl (C=O) groups is 1. The molecule has 0 bridgehead atoms. The van der Waals surface area contributed by atoms with Crippen molar-refractivity contribution < 1.29 is 4.79 Å². The molecule has 0 aromatic heterocycles. The second-order valence-electron chi connectivity index (χ2n) is 3.59. The lowest BCUT2D eigenvalue weighted by atomic mass is 10.1. The molecule has 0 heterocycles. The lowest BCUT2D eigenvalue weighted by Gasteiger charge is -2.11. The molecular formula is C12H17NO. The maximum atomic E-state index is 11.6. The zero-order chi connectivity index (χ0) is 10.6. The molecule has 1 amide bonds. The molecule has 0 radical (unpaired) electrons. The van der Waals surface area contributed by atoms with Gasteiger partial charge in [-0.2, -0.15) is 0 Å². The predicted molar refractivity (Wildman–Crippen MR) is 58.9 cm³/mol. The van der Waals surface area contributed by atoms with E-state index in [4.69, 9.17) is 0 Å². The molecule has 0 aliphatic heterocycles. The van der Waals surface area contributed by atoms with Crippen molar-refractivity contribution in [1.82, 2.24) is 4.90 Å². The van der Waals surface area contributed by atoms with E-state index < -0.39 is 0 Å². The van der Waals surface area contributed by atoms with Crippen LogP contribution < -0.4 is 0 Å². The van der Waals surface area contributed by atoms with Gasteiger partial charge >= 0.3 is 0 Å². The predicted octanol–water partition coefficient (Wildman–Crippen LogP) is 2.30. The number of rotatable bonds is 2. The van der Waals surface area contributed by atoms with Gasteiger partial charge in [-0.05, 0) is 18.4 Å². The third-order valence-corrected chi connectivity index (χ3v) is 2.26. The Hall–Kier alpha value is -1.31. The molecular weight excluding hydrogens is 174 g/mol. The second-order valence-corrected chi connectivity index (χ2v) is 3.59. The van der Waals surface area contributed by atoms with Crippen LogP contribution in [-0.4, -0.2) is 24.9 Å². The van der Waals surface area contributed by atoms with E-state index in [1.165, 1.54) is 5.57 Å². The second kappa shape index (κ2) is 4.80. The molecule has 2 nitrogen and oxygen atoms in total. The van der Waals surface area contributed by atoms with Crippen LogP contribution in [0.15, 0.2) is 35.5 Å². The Morgan fingerprint density at radius 3 is 2.71 bits per heavy atom. The molecule has 0 saturated carbocycles. The van der Waals surface area contributed by atoms with Crippen LogP contribution in [0, 0.1) is 0 Å². The minimum atomic E-state index is 0.100. The topological polar surface area (TPSA) is 20.3 Å². The molecule has 0 aromatic carbocycles. The fourth-order valence-corrected chi connectivity index (χ4v) is 1.35. The molecule has 0 unspecified atom stereocenters. The van der Waals surface area contributed by atoms with Crippen molar-refractivity contribution in [3.8, 4) is 0 Å². The molecule has 0 saturated heterocycles. The highest BCUT2D eigenvalue weighted by molar-refractivity contribution is 5.93. The van der Waals surface area contributed by atoms with E-state index in [0.717, 1.165) is 18.4 Å². The van der Waals surface area contributed by atoms with E-state index in [1.807, 2.05) is 12.2 Å². The highest BCUT2D eigenvalue weighted by atomic mass is 16.2. The van der Waals surface area contributed by atoms with Crippen LogP contribution in [0.5, 0.6) is 0 Å². The summed E-state index contributed by atoms with van der Waals surface area (Å²) in [6.45, 7) is 2.11. The van der Waals surface area contributed by atoms with Gasteiger partial charge in [0.2, 0.25) is 5.91 Å². The van der Waals surface area contributed by atoms with Gasteiger partial charge in [-0.1, -0.05) is 31.2 Å². The molecule has 1 aliphatic carbocycles. The molecule has 14 heavy (non-hydrogen) atoms. The molecule has 0 spiro atoms. The minimum absolute atomic E-state index is 0.100. The summed E-state index contributed by atoms with van der Waals surface area (Å²) >= 11 is 0. The third-order valence-electron chi connectivity index (χ3n) is 2.26. The van der Waals surface area contributed by atoms with E-state index in [2.05, 4.69) is 19.1 Å². The van der Waals surface area contributed by atoms with E-state index in [9.17, 15) is 4.79 Å². The first kappa shape index (κ1) is 10.8. The summed E-state index contributed by atoms with van der Waals surface area (Å²) in [6.07, 6.45) is 9.84. The van der Waals surface area contributed by atoms with Gasteiger partial charge in [0, 0.05) is 19.7 Å². The quantitative estimate of drug-likeness (QED) is 0.656. The summed E-state index contributed by atoms with van der Waals surface area (Å²) in [4.78, 5) is 13.3. The van der Waals surface area contributed by atoms with Gasteiger partial charge in [0.25, 0.3) is 0 Å². The molecule has 1 rings (SSSR count). The summed E-state index contributed by atoms with van der Waals surface area (Å²) in [5.74, 6) is 0.100. The molecule has 0 atom stereocenters. The van der Waals surface area contributed by atoms with E-state index in [0.29, 0.717) is 0 Å². The standard InChI is InChI=1S/C12H17NO/c1-4-10-6-5-7-11(9-8-10)12(14)13(2)3/h5-6,8-9H,4,7H2,1-3H3. The van der Waals surface area contributed by atoms with Gasteiger partial charge in [-0.15, -0.1) is 0 Å². The van der Waals surface area contributed by atoms with Gasteiger partial charge in [-0.3, -0.25) is 4.79 Å². The summed E-state index contributed by atoms with van der Waals surface area (Å²) < 4.78 is 0. The first-order chi connectivity index (χ1) is 6.65. The van der Waals surface area contributed by atoms with Crippen LogP contribution in [0.3, 0.4) is 0 Å². The molecule has 2 heteroatoms. The van der Waals surface area contributed by atoms with Gasteiger partial charge in [0.05, 0.1) is 0 Å². The number of hydrogen-bond acceptors (Lipinski definition) is 1. The van der Waals surface area contributed by atoms with Gasteiger partial charge in [0.15, 0.2) is 0 Å². The molecule has 76 valence electrons. The van der Waals surface area contributed by atoms with Crippen molar-refractivity contribution in [3.05, 3.63) is 35.5 Å². The summed E-state index contributed by atoms with van der Waals surface area (Å²) in [6, 6.07) is 0. The SMILES string of the molecule is CCC1=CC=C(C(=O)N(C)C)CC=C1. The van der Waals surface area contributed by atoms with Gasteiger partial charge in [0.1, 0.15) is 0 Å². The summed E-state index contributed by atoms with van der Waals surface area (Å²) in [5.41, 5.74) is 2.13. The maximum Gasteiger partial charge on any atom is 0.249 e. The van der Waals surface area contributed by atoms with Crippen molar-refractivity contribution >= 4 is 5.91 Å². The first-order valence-corrected chi connectivity index (χ1v) is 4.93. The molecule has 0 N–H and O–H groups in total. The van der Waals surface area contributed by atoms with E-state index >= 15 is 0 Å². The Morgan fingerprint density at radius 1 is 1.43 bits per heavy atom. The average Bonchev–Trinajstić information content (AvgIpc) is 2.41. The van der Waals surface area contributed by atoms with Crippen LogP contribution in [-0.2, 0) is 4.79 Å². The highest BCUT2D eigenvalue weighted by Crippen LogP contribution is 2.14. The Morgan fingerprint density at radius 2 is 2.14 bits per heavy atom. The van der Waals surface area contributed by atoms with Crippen molar-refractivity contribution in [2.75, 3.05) is 14.1 Å². The fourth-order valence-electron chi connectivity index (χ4n) is 1.35. The van der Waals surface area contributed by atoms with Crippen molar-refractivity contribution in [2.24, 2.45) is 0 Å². The third kappa shape index (κ3) is 2.59. The zero-order valence-corrected chi connectivity index (χ0v) is 9.08. The van der Waals surface area contributed by atoms with E-state index in [-0.39, 0.29) is 5.91 Å². The van der Waals surface area contributed by atoms with Crippen LogP contribution in [0.4, 0.5) is 0 Å². The van der Waals surface area contributed by atoms with E-state index in [1.54, 1.807) is 19.0 Å². The minimum Gasteiger partial charge on any atom is -0.345 e. The number of amides is 1. The van der Waals surface area contributed by atoms with Crippen LogP contribution >= 0.6 is 0 Å². The zero-order valence-electron chi connectivity index (χ0n) is 9.08. The van der Waals surface area contributed by atoms with Gasteiger partial charge < -0.3 is 4.90 Å². The molecule has 0 aromatic rings. The number of carbonyl (C=O) groups excluding carboxylic acids is 1. The molecule has 0 fully saturated rings. The van der Waals surface area contributed by atoms with Gasteiger partial charge in [-0.25, -0.2) is 0 Å². The lowest BCUT2D eigenvalue weighted by Crippen LogP contribution is -2.23. The Balaban J connectivity index is 2.83. The molecule has 1 aliphatic rings. The van der Waals surface area contributed by atoms with Crippen LogP contribution in [0.1, 0.15) is 19.8 Å². The number of likely N-dealkylation sites (N-methyl/N-ethyl adjacent to an activating group) is 1. The monoisotopic (exact) mass is 191 g/mol. The number of nitrogens with zero attached hydrogens (tertiary/aromatic N) is 1. The lowest BCUT2D eigenvalue weighted by molar-refractivity contribution is -0.124. The van der Waals surface area contributed by atoms with Crippen LogP contribution in [0.25, 0.3) is 0 Å². The smallest absolute Gasteiger partial charge is 0.249 e. The summed E-state index contributed by atoms with van der Waals surface area (Å²) in [7, 11) is 3.56. The highest BCUT2D eigenvalue weighted by Gasteiger charge is 2.10.